The van der Waals surface area contributed by atoms with E-state index in [9.17, 15) is 9.90 Å². The molecule has 17 heavy (non-hydrogen) atoms. The predicted octanol–water partition coefficient (Wildman–Crippen LogP) is 3.75. The van der Waals surface area contributed by atoms with Crippen molar-refractivity contribution in [2.24, 2.45) is 0 Å². The van der Waals surface area contributed by atoms with Crippen molar-refractivity contribution in [3.05, 3.63) is 42.0 Å². The summed E-state index contributed by atoms with van der Waals surface area (Å²) < 4.78 is 0. The number of halogens is 1. The Bertz CT molecular complexity index is 549. The molecule has 0 unspecified atom stereocenters. The average Bonchev–Trinajstić information content (AvgIpc) is 2.35. The number of hydrogen-bond donors (Lipinski definition) is 1. The highest BCUT2D eigenvalue weighted by Gasteiger charge is 2.14. The third-order valence-electron chi connectivity index (χ3n) is 2.72. The summed E-state index contributed by atoms with van der Waals surface area (Å²) in [5.74, 6) is 0.445. The molecule has 88 valence electrons. The lowest BCUT2D eigenvalue weighted by Gasteiger charge is -2.07. The predicted molar refractivity (Wildman–Crippen MR) is 69.9 cm³/mol. The Morgan fingerprint density at radius 3 is 2.71 bits per heavy atom. The molecule has 0 saturated carbocycles. The van der Waals surface area contributed by atoms with Gasteiger partial charge in [0.25, 0.3) is 0 Å². The van der Waals surface area contributed by atoms with Gasteiger partial charge in [-0.1, -0.05) is 30.3 Å². The number of carbonyl (C=O) groups excluding carboxylic acids is 1. The van der Waals surface area contributed by atoms with E-state index in [1.807, 2.05) is 30.3 Å². The lowest BCUT2D eigenvalue weighted by atomic mass is 9.98. The first-order valence-corrected chi connectivity index (χ1v) is 6.07. The van der Waals surface area contributed by atoms with Crippen LogP contribution < -0.4 is 0 Å². The Labute approximate surface area is 105 Å². The largest absolute Gasteiger partial charge is 0.507 e. The van der Waals surface area contributed by atoms with Crippen LogP contribution in [-0.4, -0.2) is 16.8 Å². The van der Waals surface area contributed by atoms with E-state index in [0.717, 1.165) is 10.8 Å². The van der Waals surface area contributed by atoms with Crippen molar-refractivity contribution in [2.45, 2.75) is 12.8 Å². The molecule has 0 bridgehead atoms. The van der Waals surface area contributed by atoms with Crippen LogP contribution in [0.1, 0.15) is 23.2 Å². The molecule has 2 aromatic carbocycles. The molecule has 1 N–H and O–H groups in total. The molecule has 0 atom stereocenters. The first kappa shape index (κ1) is 11.9. The molecule has 0 spiro atoms. The second-order valence-corrected chi connectivity index (χ2v) is 4.27. The van der Waals surface area contributed by atoms with Gasteiger partial charge in [-0.2, -0.15) is 0 Å². The summed E-state index contributed by atoms with van der Waals surface area (Å²) in [4.78, 5) is 12.0. The Balaban J connectivity index is 2.51. The zero-order valence-electron chi connectivity index (χ0n) is 9.32. The Morgan fingerprint density at radius 1 is 1.18 bits per heavy atom. The number of carbonyl (C=O) groups is 1. The number of hydrogen-bond acceptors (Lipinski definition) is 2. The molecule has 0 aliphatic rings. The molecule has 3 heteroatoms. The molecule has 2 rings (SSSR count). The van der Waals surface area contributed by atoms with Crippen molar-refractivity contribution in [3.8, 4) is 5.75 Å². The maximum atomic E-state index is 12.0. The van der Waals surface area contributed by atoms with E-state index >= 15 is 0 Å². The first-order chi connectivity index (χ1) is 8.24. The van der Waals surface area contributed by atoms with Gasteiger partial charge in [0.05, 0.1) is 5.56 Å². The summed E-state index contributed by atoms with van der Waals surface area (Å²) in [6.45, 7) is 0. The average molecular weight is 249 g/mol. The molecule has 2 nitrogen and oxygen atoms in total. The van der Waals surface area contributed by atoms with Crippen LogP contribution in [0.25, 0.3) is 10.8 Å². The van der Waals surface area contributed by atoms with Gasteiger partial charge in [-0.25, -0.2) is 0 Å². The van der Waals surface area contributed by atoms with E-state index in [2.05, 4.69) is 0 Å². The highest BCUT2D eigenvalue weighted by Crippen LogP contribution is 2.28. The van der Waals surface area contributed by atoms with Crippen molar-refractivity contribution >= 4 is 28.2 Å². The number of rotatable bonds is 4. The van der Waals surface area contributed by atoms with Crippen LogP contribution in [-0.2, 0) is 0 Å². The normalized spacial score (nSPS) is 10.6. The van der Waals surface area contributed by atoms with E-state index < -0.39 is 0 Å². The van der Waals surface area contributed by atoms with Crippen LogP contribution in [0, 0.1) is 0 Å². The standard InChI is InChI=1S/C14H13ClO2/c15-9-3-6-12(16)14-11-5-2-1-4-10(11)7-8-13(14)17/h1-2,4-5,7-8,17H,3,6,9H2. The molecule has 0 aromatic heterocycles. The molecule has 0 aliphatic carbocycles. The zero-order valence-corrected chi connectivity index (χ0v) is 10.1. The highest BCUT2D eigenvalue weighted by molar-refractivity contribution is 6.18. The minimum atomic E-state index is -0.0556. The van der Waals surface area contributed by atoms with Gasteiger partial charge in [0.15, 0.2) is 5.78 Å². The van der Waals surface area contributed by atoms with Crippen molar-refractivity contribution in [1.82, 2.24) is 0 Å². The van der Waals surface area contributed by atoms with Crippen molar-refractivity contribution in [2.75, 3.05) is 5.88 Å². The molecule has 2 aromatic rings. The highest BCUT2D eigenvalue weighted by atomic mass is 35.5. The number of Topliss-reactive ketones (excluding diaryl/α,β-unsaturated/α-hetero) is 1. The van der Waals surface area contributed by atoms with Crippen LogP contribution >= 0.6 is 11.6 Å². The summed E-state index contributed by atoms with van der Waals surface area (Å²) in [6.07, 6.45) is 0.994. The van der Waals surface area contributed by atoms with E-state index in [-0.39, 0.29) is 11.5 Å². The van der Waals surface area contributed by atoms with Crippen LogP contribution in [0.4, 0.5) is 0 Å². The molecule has 0 aliphatic heterocycles. The van der Waals surface area contributed by atoms with Gasteiger partial charge in [-0.3, -0.25) is 4.79 Å². The number of aromatic hydroxyl groups is 1. The number of phenolic OH excluding ortho intramolecular Hbond substituents is 1. The van der Waals surface area contributed by atoms with Gasteiger partial charge in [0.2, 0.25) is 0 Å². The smallest absolute Gasteiger partial charge is 0.167 e. The molecule has 0 fully saturated rings. The third kappa shape index (κ3) is 2.42. The second-order valence-electron chi connectivity index (χ2n) is 3.90. The van der Waals surface area contributed by atoms with Crippen LogP contribution in [0.3, 0.4) is 0 Å². The third-order valence-corrected chi connectivity index (χ3v) is 2.99. The van der Waals surface area contributed by atoms with E-state index in [0.29, 0.717) is 24.3 Å². The van der Waals surface area contributed by atoms with Crippen molar-refractivity contribution < 1.29 is 9.90 Å². The van der Waals surface area contributed by atoms with Crippen LogP contribution in [0.5, 0.6) is 5.75 Å². The number of fused-ring (bicyclic) bond motifs is 1. The van der Waals surface area contributed by atoms with Crippen LogP contribution in [0.15, 0.2) is 36.4 Å². The lowest BCUT2D eigenvalue weighted by molar-refractivity contribution is 0.0981. The van der Waals surface area contributed by atoms with E-state index in [4.69, 9.17) is 11.6 Å². The van der Waals surface area contributed by atoms with Gasteiger partial charge in [0, 0.05) is 12.3 Å². The summed E-state index contributed by atoms with van der Waals surface area (Å²) in [6, 6.07) is 10.9. The second kappa shape index (κ2) is 5.19. The molecular weight excluding hydrogens is 236 g/mol. The van der Waals surface area contributed by atoms with Crippen molar-refractivity contribution in [1.29, 1.82) is 0 Å². The number of ketones is 1. The molecule has 0 radical (unpaired) electrons. The molecular formula is C14H13ClO2. The Morgan fingerprint density at radius 2 is 1.94 bits per heavy atom. The first-order valence-electron chi connectivity index (χ1n) is 5.54. The fourth-order valence-corrected chi connectivity index (χ4v) is 2.04. The maximum absolute atomic E-state index is 12.0. The quantitative estimate of drug-likeness (QED) is 0.661. The minimum absolute atomic E-state index is 0.0447. The van der Waals surface area contributed by atoms with E-state index in [1.54, 1.807) is 6.07 Å². The summed E-state index contributed by atoms with van der Waals surface area (Å²) in [7, 11) is 0. The molecule has 0 saturated heterocycles. The SMILES string of the molecule is O=C(CCCCl)c1c(O)ccc2ccccc12. The Kier molecular flexibility index (Phi) is 3.64. The lowest BCUT2D eigenvalue weighted by Crippen LogP contribution is -2.01. The maximum Gasteiger partial charge on any atom is 0.167 e. The number of phenols is 1. The number of alkyl halides is 1. The fraction of sp³-hybridized carbons (Fsp3) is 0.214. The minimum Gasteiger partial charge on any atom is -0.507 e. The Hall–Kier alpha value is -1.54. The van der Waals surface area contributed by atoms with Crippen molar-refractivity contribution in [3.63, 3.8) is 0 Å². The summed E-state index contributed by atoms with van der Waals surface area (Å²) >= 11 is 5.58. The molecule has 0 heterocycles. The summed E-state index contributed by atoms with van der Waals surface area (Å²) in [5, 5.41) is 11.6. The molecule has 0 amide bonds. The van der Waals surface area contributed by atoms with Gasteiger partial charge in [0.1, 0.15) is 5.75 Å². The van der Waals surface area contributed by atoms with Gasteiger partial charge >= 0.3 is 0 Å². The monoisotopic (exact) mass is 248 g/mol. The zero-order chi connectivity index (χ0) is 12.3. The topological polar surface area (TPSA) is 37.3 Å². The van der Waals surface area contributed by atoms with E-state index in [1.165, 1.54) is 0 Å². The summed E-state index contributed by atoms with van der Waals surface area (Å²) in [5.41, 5.74) is 0.410. The fourth-order valence-electron chi connectivity index (χ4n) is 1.91. The van der Waals surface area contributed by atoms with Crippen LogP contribution in [0.2, 0.25) is 0 Å². The van der Waals surface area contributed by atoms with Gasteiger partial charge < -0.3 is 5.11 Å². The number of benzene rings is 2. The van der Waals surface area contributed by atoms with Gasteiger partial charge in [-0.05, 0) is 23.3 Å². The van der Waals surface area contributed by atoms with Gasteiger partial charge in [-0.15, -0.1) is 11.6 Å².